The van der Waals surface area contributed by atoms with Crippen molar-refractivity contribution in [3.05, 3.63) is 22.6 Å². The van der Waals surface area contributed by atoms with Crippen molar-refractivity contribution >= 4 is 15.9 Å². The molecule has 3 heteroatoms. The van der Waals surface area contributed by atoms with Crippen LogP contribution in [0, 0.1) is 5.41 Å². The second kappa shape index (κ2) is 3.14. The average Bonchev–Trinajstić information content (AvgIpc) is 2.49. The first kappa shape index (κ1) is 9.28. The normalized spacial score (nSPS) is 33.0. The summed E-state index contributed by atoms with van der Waals surface area (Å²) < 4.78 is 6.53. The third-order valence-electron chi connectivity index (χ3n) is 3.12. The highest BCUT2D eigenvalue weighted by Crippen LogP contribution is 2.45. The fraction of sp³-hybridized carbons (Fsp3) is 0.600. The molecule has 2 rings (SSSR count). The highest BCUT2D eigenvalue weighted by atomic mass is 79.9. The zero-order valence-electron chi connectivity index (χ0n) is 7.93. The van der Waals surface area contributed by atoms with Crippen molar-refractivity contribution < 1.29 is 4.42 Å². The predicted molar refractivity (Wildman–Crippen MR) is 55.5 cm³/mol. The Labute approximate surface area is 86.8 Å². The summed E-state index contributed by atoms with van der Waals surface area (Å²) in [6.07, 6.45) is 2.91. The molecule has 0 bridgehead atoms. The number of rotatable bonds is 2. The molecule has 1 aliphatic rings. The third kappa shape index (κ3) is 1.34. The summed E-state index contributed by atoms with van der Waals surface area (Å²) in [7, 11) is 0. The second-order valence-electron chi connectivity index (χ2n) is 3.95. The van der Waals surface area contributed by atoms with Gasteiger partial charge in [0.2, 0.25) is 0 Å². The van der Waals surface area contributed by atoms with Crippen molar-refractivity contribution in [3.8, 4) is 0 Å². The molecule has 2 unspecified atom stereocenters. The fourth-order valence-electron chi connectivity index (χ4n) is 1.80. The molecule has 72 valence electrons. The van der Waals surface area contributed by atoms with Crippen LogP contribution >= 0.6 is 15.9 Å². The minimum absolute atomic E-state index is 0.361. The van der Waals surface area contributed by atoms with Crippen molar-refractivity contribution in [3.63, 3.8) is 0 Å². The molecule has 1 saturated heterocycles. The highest BCUT2D eigenvalue weighted by Gasteiger charge is 2.44. The van der Waals surface area contributed by atoms with E-state index in [-0.39, 0.29) is 0 Å². The Balaban J connectivity index is 2.24. The lowest BCUT2D eigenvalue weighted by Gasteiger charge is -2.46. The molecule has 1 aromatic heterocycles. The van der Waals surface area contributed by atoms with Crippen LogP contribution in [-0.2, 0) is 0 Å². The summed E-state index contributed by atoms with van der Waals surface area (Å²) in [4.78, 5) is 0. The van der Waals surface area contributed by atoms with Crippen molar-refractivity contribution in [1.82, 2.24) is 5.32 Å². The Hall–Kier alpha value is -0.280. The van der Waals surface area contributed by atoms with Gasteiger partial charge in [-0.1, -0.05) is 13.8 Å². The van der Waals surface area contributed by atoms with Crippen LogP contribution in [0.15, 0.2) is 21.2 Å². The number of halogens is 1. The number of nitrogens with one attached hydrogen (secondary N) is 1. The average molecular weight is 244 g/mol. The molecular weight excluding hydrogens is 230 g/mol. The Morgan fingerprint density at radius 3 is 2.92 bits per heavy atom. The van der Waals surface area contributed by atoms with Gasteiger partial charge in [0.1, 0.15) is 5.76 Å². The van der Waals surface area contributed by atoms with Crippen LogP contribution < -0.4 is 5.32 Å². The lowest BCUT2D eigenvalue weighted by Crippen LogP contribution is -2.53. The summed E-state index contributed by atoms with van der Waals surface area (Å²) in [6, 6.07) is 2.33. The van der Waals surface area contributed by atoms with Gasteiger partial charge >= 0.3 is 0 Å². The Bertz CT molecular complexity index is 306. The first-order valence-electron chi connectivity index (χ1n) is 4.63. The molecule has 2 heterocycles. The monoisotopic (exact) mass is 243 g/mol. The van der Waals surface area contributed by atoms with E-state index < -0.39 is 0 Å². The molecule has 1 aliphatic heterocycles. The SMILES string of the molecule is CCC1(C)CNC1c1occc1Br. The molecule has 1 N–H and O–H groups in total. The molecule has 2 nitrogen and oxygen atoms in total. The van der Waals surface area contributed by atoms with Crippen LogP contribution in [0.2, 0.25) is 0 Å². The molecule has 1 fully saturated rings. The first-order valence-corrected chi connectivity index (χ1v) is 5.43. The zero-order chi connectivity index (χ0) is 9.47. The second-order valence-corrected chi connectivity index (χ2v) is 4.81. The van der Waals surface area contributed by atoms with Crippen LogP contribution in [0.5, 0.6) is 0 Å². The van der Waals surface area contributed by atoms with Crippen molar-refractivity contribution in [1.29, 1.82) is 0 Å². The summed E-state index contributed by atoms with van der Waals surface area (Å²) in [5, 5.41) is 3.41. The maximum absolute atomic E-state index is 5.46. The van der Waals surface area contributed by atoms with Gasteiger partial charge in [-0.15, -0.1) is 0 Å². The van der Waals surface area contributed by atoms with Crippen LogP contribution in [0.4, 0.5) is 0 Å². The largest absolute Gasteiger partial charge is 0.466 e. The van der Waals surface area contributed by atoms with Gasteiger partial charge < -0.3 is 9.73 Å². The molecule has 0 saturated carbocycles. The Morgan fingerprint density at radius 1 is 1.77 bits per heavy atom. The van der Waals surface area contributed by atoms with Crippen LogP contribution in [-0.4, -0.2) is 6.54 Å². The summed E-state index contributed by atoms with van der Waals surface area (Å²) in [5.41, 5.74) is 0.361. The molecule has 0 aromatic carbocycles. The number of hydrogen-bond donors (Lipinski definition) is 1. The van der Waals surface area contributed by atoms with E-state index in [1.807, 2.05) is 6.07 Å². The predicted octanol–water partition coefficient (Wildman–Crippen LogP) is 3.10. The van der Waals surface area contributed by atoms with Gasteiger partial charge in [0, 0.05) is 12.0 Å². The van der Waals surface area contributed by atoms with Crippen LogP contribution in [0.3, 0.4) is 0 Å². The molecule has 0 spiro atoms. The summed E-state index contributed by atoms with van der Waals surface area (Å²) in [5.74, 6) is 1.04. The lowest BCUT2D eigenvalue weighted by atomic mass is 9.72. The van der Waals surface area contributed by atoms with Gasteiger partial charge in [-0.25, -0.2) is 0 Å². The van der Waals surface area contributed by atoms with Gasteiger partial charge in [-0.3, -0.25) is 0 Å². The standard InChI is InChI=1S/C10H14BrNO/c1-3-10(2)6-12-9(10)8-7(11)4-5-13-8/h4-5,9,12H,3,6H2,1-2H3. The first-order chi connectivity index (χ1) is 6.17. The van der Waals surface area contributed by atoms with E-state index >= 15 is 0 Å². The topological polar surface area (TPSA) is 25.2 Å². The van der Waals surface area contributed by atoms with E-state index in [0.717, 1.165) is 16.8 Å². The van der Waals surface area contributed by atoms with E-state index in [1.54, 1.807) is 6.26 Å². The van der Waals surface area contributed by atoms with Gasteiger partial charge in [-0.2, -0.15) is 0 Å². The molecule has 0 aliphatic carbocycles. The minimum atomic E-state index is 0.361. The molecular formula is C10H14BrNO. The molecule has 13 heavy (non-hydrogen) atoms. The highest BCUT2D eigenvalue weighted by molar-refractivity contribution is 9.10. The zero-order valence-corrected chi connectivity index (χ0v) is 9.52. The lowest BCUT2D eigenvalue weighted by molar-refractivity contribution is 0.0807. The van der Waals surface area contributed by atoms with E-state index in [0.29, 0.717) is 11.5 Å². The smallest absolute Gasteiger partial charge is 0.135 e. The van der Waals surface area contributed by atoms with Crippen molar-refractivity contribution in [2.75, 3.05) is 6.54 Å². The molecule has 2 atom stereocenters. The maximum atomic E-state index is 5.46. The van der Waals surface area contributed by atoms with Crippen LogP contribution in [0.25, 0.3) is 0 Å². The Morgan fingerprint density at radius 2 is 2.54 bits per heavy atom. The van der Waals surface area contributed by atoms with Gasteiger partial charge in [-0.05, 0) is 28.4 Å². The third-order valence-corrected chi connectivity index (χ3v) is 3.78. The van der Waals surface area contributed by atoms with E-state index in [1.165, 1.54) is 6.42 Å². The van der Waals surface area contributed by atoms with Crippen LogP contribution in [0.1, 0.15) is 32.1 Å². The summed E-state index contributed by atoms with van der Waals surface area (Å²) >= 11 is 3.49. The summed E-state index contributed by atoms with van der Waals surface area (Å²) in [6.45, 7) is 5.61. The van der Waals surface area contributed by atoms with E-state index in [9.17, 15) is 0 Å². The fourth-order valence-corrected chi connectivity index (χ4v) is 2.23. The van der Waals surface area contributed by atoms with Crippen molar-refractivity contribution in [2.24, 2.45) is 5.41 Å². The van der Waals surface area contributed by atoms with E-state index in [2.05, 4.69) is 35.1 Å². The van der Waals surface area contributed by atoms with Gasteiger partial charge in [0.25, 0.3) is 0 Å². The van der Waals surface area contributed by atoms with Crippen molar-refractivity contribution in [2.45, 2.75) is 26.3 Å². The quantitative estimate of drug-likeness (QED) is 0.864. The van der Waals surface area contributed by atoms with E-state index in [4.69, 9.17) is 4.42 Å². The molecule has 0 radical (unpaired) electrons. The van der Waals surface area contributed by atoms with Gasteiger partial charge in [0.15, 0.2) is 0 Å². The molecule has 0 amide bonds. The van der Waals surface area contributed by atoms with Gasteiger partial charge in [0.05, 0.1) is 16.8 Å². The number of hydrogen-bond acceptors (Lipinski definition) is 2. The Kier molecular flexibility index (Phi) is 2.24. The maximum Gasteiger partial charge on any atom is 0.135 e. The number of furan rings is 1. The minimum Gasteiger partial charge on any atom is -0.466 e. The molecule has 1 aromatic rings.